The lowest BCUT2D eigenvalue weighted by Crippen LogP contribution is -2.14. The highest BCUT2D eigenvalue weighted by atomic mass is 16.5. The first-order valence-electron chi connectivity index (χ1n) is 9.06. The van der Waals surface area contributed by atoms with Gasteiger partial charge in [0.2, 0.25) is 11.2 Å². The van der Waals surface area contributed by atoms with E-state index in [0.717, 1.165) is 6.07 Å². The molecule has 0 unspecified atom stereocenters. The quantitative estimate of drug-likeness (QED) is 0.634. The van der Waals surface area contributed by atoms with Crippen molar-refractivity contribution < 1.29 is 33.3 Å². The molecule has 158 valence electrons. The van der Waals surface area contributed by atoms with Crippen molar-refractivity contribution in [2.75, 3.05) is 21.3 Å². The number of hydrogen-bond donors (Lipinski definition) is 1. The third kappa shape index (κ3) is 5.51. The van der Waals surface area contributed by atoms with Crippen LogP contribution in [0.2, 0.25) is 0 Å². The Morgan fingerprint density at radius 1 is 1.14 bits per heavy atom. The van der Waals surface area contributed by atoms with Crippen molar-refractivity contribution in [2.45, 2.75) is 38.9 Å². The van der Waals surface area contributed by atoms with Crippen molar-refractivity contribution >= 4 is 5.97 Å². The van der Waals surface area contributed by atoms with E-state index in [1.165, 1.54) is 21.3 Å². The standard InChI is InChI=1S/C21H26O8/c1-12(2)28-17-7-6-13(8-18(17)26-4)15(10-19(23)27-5)21-20(24)16(22)9-14(29-21)11-25-3/h6-9,12,15,24H,10-11H2,1-5H3/t15-/m1/s1. The van der Waals surface area contributed by atoms with Crippen LogP contribution in [-0.4, -0.2) is 38.5 Å². The van der Waals surface area contributed by atoms with Crippen LogP contribution in [0, 0.1) is 0 Å². The Kier molecular flexibility index (Phi) is 7.67. The number of carbonyl (C=O) groups excluding carboxylic acids is 1. The topological polar surface area (TPSA) is 104 Å². The third-order valence-electron chi connectivity index (χ3n) is 4.15. The summed E-state index contributed by atoms with van der Waals surface area (Å²) in [4.78, 5) is 24.2. The monoisotopic (exact) mass is 406 g/mol. The van der Waals surface area contributed by atoms with E-state index in [-0.39, 0.29) is 30.7 Å². The van der Waals surface area contributed by atoms with Crippen LogP contribution >= 0.6 is 0 Å². The summed E-state index contributed by atoms with van der Waals surface area (Å²) in [5.41, 5.74) is -0.0451. The lowest BCUT2D eigenvalue weighted by atomic mass is 9.92. The number of benzene rings is 1. The van der Waals surface area contributed by atoms with Gasteiger partial charge >= 0.3 is 5.97 Å². The summed E-state index contributed by atoms with van der Waals surface area (Å²) < 4.78 is 26.6. The van der Waals surface area contributed by atoms with Crippen LogP contribution in [0.25, 0.3) is 0 Å². The van der Waals surface area contributed by atoms with Gasteiger partial charge in [-0.1, -0.05) is 6.07 Å². The summed E-state index contributed by atoms with van der Waals surface area (Å²) in [7, 11) is 4.21. The highest BCUT2D eigenvalue weighted by molar-refractivity contribution is 5.71. The minimum Gasteiger partial charge on any atom is -0.502 e. The molecule has 0 aliphatic carbocycles. The lowest BCUT2D eigenvalue weighted by molar-refractivity contribution is -0.140. The number of methoxy groups -OCH3 is 3. The molecule has 0 bridgehead atoms. The van der Waals surface area contributed by atoms with Gasteiger partial charge in [0, 0.05) is 13.2 Å². The average molecular weight is 406 g/mol. The van der Waals surface area contributed by atoms with Crippen LogP contribution in [0.4, 0.5) is 0 Å². The van der Waals surface area contributed by atoms with Crippen molar-refractivity contribution in [3.63, 3.8) is 0 Å². The first-order chi connectivity index (χ1) is 13.8. The van der Waals surface area contributed by atoms with E-state index in [9.17, 15) is 14.7 Å². The Morgan fingerprint density at radius 2 is 1.86 bits per heavy atom. The molecule has 2 aromatic rings. The number of rotatable bonds is 9. The van der Waals surface area contributed by atoms with Gasteiger partial charge in [-0.05, 0) is 31.5 Å². The highest BCUT2D eigenvalue weighted by Gasteiger charge is 2.27. The molecule has 8 nitrogen and oxygen atoms in total. The van der Waals surface area contributed by atoms with Crippen LogP contribution in [0.15, 0.2) is 33.5 Å². The third-order valence-corrected chi connectivity index (χ3v) is 4.15. The Morgan fingerprint density at radius 3 is 2.45 bits per heavy atom. The minimum atomic E-state index is -0.783. The summed E-state index contributed by atoms with van der Waals surface area (Å²) in [6.45, 7) is 3.82. The molecular formula is C21H26O8. The van der Waals surface area contributed by atoms with Crippen LogP contribution < -0.4 is 14.9 Å². The van der Waals surface area contributed by atoms with Gasteiger partial charge in [-0.2, -0.15) is 0 Å². The molecule has 2 rings (SSSR count). The summed E-state index contributed by atoms with van der Waals surface area (Å²) >= 11 is 0. The maximum Gasteiger partial charge on any atom is 0.306 e. The molecule has 0 fully saturated rings. The smallest absolute Gasteiger partial charge is 0.306 e. The Bertz CT molecular complexity index is 900. The highest BCUT2D eigenvalue weighted by Crippen LogP contribution is 2.38. The maximum absolute atomic E-state index is 12.2. The van der Waals surface area contributed by atoms with Crippen LogP contribution in [0.3, 0.4) is 0 Å². The SMILES string of the molecule is COCc1cc(=O)c(O)c([C@H](CC(=O)OC)c2ccc(OC(C)C)c(OC)c2)o1. The van der Waals surface area contributed by atoms with E-state index in [1.807, 2.05) is 13.8 Å². The van der Waals surface area contributed by atoms with Gasteiger partial charge in [-0.3, -0.25) is 9.59 Å². The van der Waals surface area contributed by atoms with Gasteiger partial charge < -0.3 is 28.5 Å². The number of esters is 1. The van der Waals surface area contributed by atoms with Crippen molar-refractivity contribution in [1.82, 2.24) is 0 Å². The molecule has 29 heavy (non-hydrogen) atoms. The Labute approximate surface area is 169 Å². The van der Waals surface area contributed by atoms with Gasteiger partial charge in [0.1, 0.15) is 12.4 Å². The Hall–Kier alpha value is -3.00. The molecule has 0 aliphatic heterocycles. The lowest BCUT2D eigenvalue weighted by Gasteiger charge is -2.20. The zero-order chi connectivity index (χ0) is 21.6. The number of carbonyl (C=O) groups is 1. The Balaban J connectivity index is 2.60. The predicted octanol–water partition coefficient (Wildman–Crippen LogP) is 2.98. The summed E-state index contributed by atoms with van der Waals surface area (Å²) in [5.74, 6) is -0.728. The minimum absolute atomic E-state index is 0.0396. The number of hydrogen-bond acceptors (Lipinski definition) is 8. The summed E-state index contributed by atoms with van der Waals surface area (Å²) in [5, 5.41) is 10.4. The summed E-state index contributed by atoms with van der Waals surface area (Å²) in [6, 6.07) is 6.24. The van der Waals surface area contributed by atoms with Gasteiger partial charge in [0.05, 0.1) is 32.7 Å². The number of aromatic hydroxyl groups is 1. The fourth-order valence-corrected chi connectivity index (χ4v) is 2.87. The zero-order valence-corrected chi connectivity index (χ0v) is 17.2. The van der Waals surface area contributed by atoms with Crippen molar-refractivity contribution in [3.8, 4) is 17.2 Å². The normalized spacial score (nSPS) is 11.9. The van der Waals surface area contributed by atoms with Gasteiger partial charge in [0.25, 0.3) is 0 Å². The molecule has 0 radical (unpaired) electrons. The molecule has 0 spiro atoms. The molecular weight excluding hydrogens is 380 g/mol. The van der Waals surface area contributed by atoms with E-state index in [2.05, 4.69) is 0 Å². The van der Waals surface area contributed by atoms with Crippen LogP contribution in [0.5, 0.6) is 17.2 Å². The molecule has 1 N–H and O–H groups in total. The predicted molar refractivity (Wildman–Crippen MR) is 105 cm³/mol. The van der Waals surface area contributed by atoms with Crippen molar-refractivity contribution in [2.24, 2.45) is 0 Å². The molecule has 1 aromatic heterocycles. The fraction of sp³-hybridized carbons (Fsp3) is 0.429. The fourth-order valence-electron chi connectivity index (χ4n) is 2.87. The van der Waals surface area contributed by atoms with Crippen LogP contribution in [-0.2, 0) is 20.9 Å². The van der Waals surface area contributed by atoms with E-state index in [4.69, 9.17) is 23.4 Å². The molecule has 8 heteroatoms. The average Bonchev–Trinajstić information content (AvgIpc) is 2.69. The van der Waals surface area contributed by atoms with Gasteiger partial charge in [0.15, 0.2) is 17.3 Å². The molecule has 1 heterocycles. The maximum atomic E-state index is 12.2. The first kappa shape index (κ1) is 22.3. The largest absolute Gasteiger partial charge is 0.502 e. The van der Waals surface area contributed by atoms with E-state index >= 15 is 0 Å². The second-order valence-electron chi connectivity index (χ2n) is 6.63. The second kappa shape index (κ2) is 9.97. The molecule has 0 saturated heterocycles. The molecule has 1 aromatic carbocycles. The van der Waals surface area contributed by atoms with E-state index < -0.39 is 23.1 Å². The van der Waals surface area contributed by atoms with Gasteiger partial charge in [-0.15, -0.1) is 0 Å². The second-order valence-corrected chi connectivity index (χ2v) is 6.63. The molecule has 0 saturated carbocycles. The number of ether oxygens (including phenoxy) is 4. The van der Waals surface area contributed by atoms with Crippen LogP contribution in [0.1, 0.15) is 43.3 Å². The van der Waals surface area contributed by atoms with E-state index in [0.29, 0.717) is 17.1 Å². The molecule has 0 amide bonds. The first-order valence-corrected chi connectivity index (χ1v) is 9.06. The van der Waals surface area contributed by atoms with Crippen molar-refractivity contribution in [1.29, 1.82) is 0 Å². The summed E-state index contributed by atoms with van der Waals surface area (Å²) in [6.07, 6.45) is -0.217. The zero-order valence-electron chi connectivity index (χ0n) is 17.2. The van der Waals surface area contributed by atoms with Gasteiger partial charge in [-0.25, -0.2) is 0 Å². The van der Waals surface area contributed by atoms with E-state index in [1.54, 1.807) is 18.2 Å². The molecule has 1 atom stereocenters. The van der Waals surface area contributed by atoms with Crippen molar-refractivity contribution in [3.05, 3.63) is 51.6 Å². The molecule has 0 aliphatic rings.